The number of rotatable bonds is 4. The van der Waals surface area contributed by atoms with E-state index in [0.717, 1.165) is 5.56 Å². The highest BCUT2D eigenvalue weighted by Crippen LogP contribution is 2.32. The second kappa shape index (κ2) is 4.69. The van der Waals surface area contributed by atoms with Gasteiger partial charge in [0.15, 0.2) is 6.29 Å². The lowest BCUT2D eigenvalue weighted by atomic mass is 10.1. The minimum absolute atomic E-state index is 0.429. The van der Waals surface area contributed by atoms with Gasteiger partial charge in [-0.3, -0.25) is 9.89 Å². The molecule has 17 heavy (non-hydrogen) atoms. The summed E-state index contributed by atoms with van der Waals surface area (Å²) < 4.78 is 10.4. The Morgan fingerprint density at radius 3 is 2.65 bits per heavy atom. The van der Waals surface area contributed by atoms with Crippen LogP contribution in [0.1, 0.15) is 10.5 Å². The minimum atomic E-state index is 0.429. The fourth-order valence-electron chi connectivity index (χ4n) is 1.55. The van der Waals surface area contributed by atoms with Crippen molar-refractivity contribution in [2.45, 2.75) is 0 Å². The maximum absolute atomic E-state index is 10.6. The average molecular weight is 232 g/mol. The zero-order valence-electron chi connectivity index (χ0n) is 9.56. The highest BCUT2D eigenvalue weighted by Gasteiger charge is 2.10. The Morgan fingerprint density at radius 1 is 1.24 bits per heavy atom. The van der Waals surface area contributed by atoms with E-state index in [1.807, 2.05) is 12.1 Å². The number of hydrogen-bond donors (Lipinski definition) is 1. The molecule has 1 aromatic heterocycles. The zero-order chi connectivity index (χ0) is 12.3. The molecule has 0 spiro atoms. The third-order valence-corrected chi connectivity index (χ3v) is 2.41. The maximum Gasteiger partial charge on any atom is 0.167 e. The van der Waals surface area contributed by atoms with Crippen LogP contribution in [0.5, 0.6) is 11.5 Å². The molecule has 0 saturated heterocycles. The molecular formula is C12H12N2O3. The van der Waals surface area contributed by atoms with Crippen LogP contribution < -0.4 is 9.47 Å². The van der Waals surface area contributed by atoms with Crippen molar-refractivity contribution in [1.82, 2.24) is 10.2 Å². The van der Waals surface area contributed by atoms with E-state index in [1.165, 1.54) is 0 Å². The third kappa shape index (κ3) is 2.13. The summed E-state index contributed by atoms with van der Waals surface area (Å²) in [6, 6.07) is 7.08. The van der Waals surface area contributed by atoms with Crippen molar-refractivity contribution in [2.24, 2.45) is 0 Å². The molecule has 88 valence electrons. The molecule has 2 rings (SSSR count). The number of nitrogens with one attached hydrogen (secondary N) is 1. The van der Waals surface area contributed by atoms with E-state index in [0.29, 0.717) is 29.2 Å². The molecule has 0 atom stereocenters. The molecule has 0 aliphatic heterocycles. The van der Waals surface area contributed by atoms with E-state index in [2.05, 4.69) is 10.2 Å². The smallest absolute Gasteiger partial charge is 0.167 e. The second-order valence-corrected chi connectivity index (χ2v) is 3.39. The molecule has 2 aromatic rings. The Morgan fingerprint density at radius 2 is 2.06 bits per heavy atom. The van der Waals surface area contributed by atoms with Crippen LogP contribution >= 0.6 is 0 Å². The Hall–Kier alpha value is -2.30. The molecule has 0 aliphatic carbocycles. The van der Waals surface area contributed by atoms with Crippen LogP contribution in [-0.4, -0.2) is 30.7 Å². The molecule has 0 bridgehead atoms. The molecule has 1 aromatic carbocycles. The summed E-state index contributed by atoms with van der Waals surface area (Å²) >= 11 is 0. The number of carbonyl (C=O) groups excluding carboxylic acids is 1. The van der Waals surface area contributed by atoms with Gasteiger partial charge in [-0.2, -0.15) is 5.10 Å². The maximum atomic E-state index is 10.6. The van der Waals surface area contributed by atoms with Gasteiger partial charge in [0.05, 0.1) is 25.6 Å². The molecule has 0 amide bonds. The van der Waals surface area contributed by atoms with E-state index in [9.17, 15) is 4.79 Å². The summed E-state index contributed by atoms with van der Waals surface area (Å²) in [4.78, 5) is 10.6. The van der Waals surface area contributed by atoms with Crippen LogP contribution in [-0.2, 0) is 0 Å². The van der Waals surface area contributed by atoms with Crippen molar-refractivity contribution in [3.8, 4) is 22.8 Å². The number of H-pyrrole nitrogens is 1. The van der Waals surface area contributed by atoms with E-state index in [1.54, 1.807) is 26.4 Å². The first kappa shape index (κ1) is 11.2. The van der Waals surface area contributed by atoms with Crippen LogP contribution in [0.2, 0.25) is 0 Å². The number of aromatic nitrogens is 2. The Balaban J connectivity index is 2.46. The molecule has 1 heterocycles. The number of aromatic amines is 1. The number of aldehydes is 1. The van der Waals surface area contributed by atoms with Gasteiger partial charge in [0, 0.05) is 11.6 Å². The quantitative estimate of drug-likeness (QED) is 0.818. The number of hydrogen-bond acceptors (Lipinski definition) is 4. The molecule has 5 nitrogen and oxygen atoms in total. The lowest BCUT2D eigenvalue weighted by Gasteiger charge is -2.08. The topological polar surface area (TPSA) is 64.2 Å². The van der Waals surface area contributed by atoms with Gasteiger partial charge in [-0.05, 0) is 18.2 Å². The van der Waals surface area contributed by atoms with Crippen LogP contribution in [0.15, 0.2) is 24.3 Å². The summed E-state index contributed by atoms with van der Waals surface area (Å²) in [7, 11) is 3.17. The van der Waals surface area contributed by atoms with Crippen LogP contribution in [0.25, 0.3) is 11.3 Å². The largest absolute Gasteiger partial charge is 0.497 e. The van der Waals surface area contributed by atoms with Crippen LogP contribution in [0.4, 0.5) is 0 Å². The van der Waals surface area contributed by atoms with Crippen molar-refractivity contribution in [2.75, 3.05) is 14.2 Å². The van der Waals surface area contributed by atoms with Gasteiger partial charge in [-0.1, -0.05) is 0 Å². The van der Waals surface area contributed by atoms with Crippen molar-refractivity contribution in [1.29, 1.82) is 0 Å². The Labute approximate surface area is 98.4 Å². The Bertz CT molecular complexity index is 534. The average Bonchev–Trinajstić information content (AvgIpc) is 2.86. The van der Waals surface area contributed by atoms with Gasteiger partial charge < -0.3 is 9.47 Å². The summed E-state index contributed by atoms with van der Waals surface area (Å²) in [5, 5.41) is 6.67. The van der Waals surface area contributed by atoms with E-state index in [4.69, 9.17) is 9.47 Å². The van der Waals surface area contributed by atoms with Gasteiger partial charge in [-0.15, -0.1) is 0 Å². The van der Waals surface area contributed by atoms with Crippen molar-refractivity contribution in [3.05, 3.63) is 30.0 Å². The molecule has 5 heteroatoms. The fraction of sp³-hybridized carbons (Fsp3) is 0.167. The monoisotopic (exact) mass is 232 g/mol. The van der Waals surface area contributed by atoms with E-state index in [-0.39, 0.29) is 0 Å². The van der Waals surface area contributed by atoms with Gasteiger partial charge in [0.2, 0.25) is 0 Å². The summed E-state index contributed by atoms with van der Waals surface area (Å²) in [5.74, 6) is 1.35. The molecule has 0 saturated carbocycles. The number of nitrogens with zero attached hydrogens (tertiary/aromatic N) is 1. The first-order valence-corrected chi connectivity index (χ1v) is 5.01. The predicted molar refractivity (Wildman–Crippen MR) is 62.5 cm³/mol. The third-order valence-electron chi connectivity index (χ3n) is 2.41. The molecule has 0 aliphatic rings. The van der Waals surface area contributed by atoms with Crippen molar-refractivity contribution in [3.63, 3.8) is 0 Å². The first-order valence-electron chi connectivity index (χ1n) is 5.01. The summed E-state index contributed by atoms with van der Waals surface area (Å²) in [5.41, 5.74) is 1.89. The minimum Gasteiger partial charge on any atom is -0.497 e. The first-order chi connectivity index (χ1) is 8.28. The van der Waals surface area contributed by atoms with Crippen LogP contribution in [0, 0.1) is 0 Å². The zero-order valence-corrected chi connectivity index (χ0v) is 9.56. The number of carbonyl (C=O) groups is 1. The molecule has 0 radical (unpaired) electrons. The van der Waals surface area contributed by atoms with Crippen molar-refractivity contribution < 1.29 is 14.3 Å². The van der Waals surface area contributed by atoms with Crippen LogP contribution in [0.3, 0.4) is 0 Å². The van der Waals surface area contributed by atoms with Gasteiger partial charge in [-0.25, -0.2) is 0 Å². The standard InChI is InChI=1S/C12H12N2O3/c1-16-9-3-4-10(12(6-9)17-2)11-5-8(7-15)13-14-11/h3-7H,1-2H3,(H,13,14). The molecular weight excluding hydrogens is 220 g/mol. The Kier molecular flexibility index (Phi) is 3.09. The fourth-order valence-corrected chi connectivity index (χ4v) is 1.55. The normalized spacial score (nSPS) is 10.0. The summed E-state index contributed by atoms with van der Waals surface area (Å²) in [6.45, 7) is 0. The number of benzene rings is 1. The van der Waals surface area contributed by atoms with E-state index >= 15 is 0 Å². The predicted octanol–water partition coefficient (Wildman–Crippen LogP) is 1.91. The second-order valence-electron chi connectivity index (χ2n) is 3.39. The molecule has 1 N–H and O–H groups in total. The van der Waals surface area contributed by atoms with E-state index < -0.39 is 0 Å². The highest BCUT2D eigenvalue weighted by molar-refractivity contribution is 5.77. The lowest BCUT2D eigenvalue weighted by molar-refractivity contribution is 0.111. The van der Waals surface area contributed by atoms with Crippen molar-refractivity contribution >= 4 is 6.29 Å². The SMILES string of the molecule is COc1ccc(-c2cc(C=O)[nH]n2)c(OC)c1. The van der Waals surface area contributed by atoms with Gasteiger partial charge in [0.1, 0.15) is 11.5 Å². The van der Waals surface area contributed by atoms with Gasteiger partial charge >= 0.3 is 0 Å². The molecule has 0 unspecified atom stereocenters. The number of ether oxygens (including phenoxy) is 2. The van der Waals surface area contributed by atoms with Gasteiger partial charge in [0.25, 0.3) is 0 Å². The number of methoxy groups -OCH3 is 2. The lowest BCUT2D eigenvalue weighted by Crippen LogP contribution is -1.90. The summed E-state index contributed by atoms with van der Waals surface area (Å²) in [6.07, 6.45) is 0.715. The molecule has 0 fully saturated rings. The highest BCUT2D eigenvalue weighted by atomic mass is 16.5.